The maximum Gasteiger partial charge on any atom is 0.270 e. The molecule has 0 radical (unpaired) electrons. The van der Waals surface area contributed by atoms with Gasteiger partial charge in [0.2, 0.25) is 5.91 Å². The third-order valence-corrected chi connectivity index (χ3v) is 4.32. The van der Waals surface area contributed by atoms with Crippen molar-refractivity contribution in [2.45, 2.75) is 45.3 Å². The Balaban J connectivity index is 2.00. The Hall–Kier alpha value is -1.47. The lowest BCUT2D eigenvalue weighted by molar-refractivity contribution is -0.131. The summed E-state index contributed by atoms with van der Waals surface area (Å²) in [5.41, 5.74) is 0.473. The van der Waals surface area contributed by atoms with Crippen molar-refractivity contribution in [2.24, 2.45) is 5.10 Å². The number of nitrogens with zero attached hydrogens (tertiary/aromatic N) is 4. The smallest absolute Gasteiger partial charge is 0.270 e. The van der Waals surface area contributed by atoms with Gasteiger partial charge in [-0.15, -0.1) is 0 Å². The SMILES string of the molecule is CCC1CN(C(=O)C2=NN(C)C(=O)CC2)CCN1CC(C)O. The Morgan fingerprint density at radius 3 is 2.73 bits per heavy atom. The first-order chi connectivity index (χ1) is 10.4. The summed E-state index contributed by atoms with van der Waals surface area (Å²) in [5.74, 6) is -0.112. The average molecular weight is 310 g/mol. The standard InChI is InChI=1S/C15H26N4O3/c1-4-12-10-19(8-7-18(12)9-11(2)20)15(22)13-5-6-14(21)17(3)16-13/h11-12,20H,4-10H2,1-3H3. The zero-order chi connectivity index (χ0) is 16.3. The Labute approximate surface area is 131 Å². The van der Waals surface area contributed by atoms with E-state index >= 15 is 0 Å². The fraction of sp³-hybridized carbons (Fsp3) is 0.800. The number of aliphatic hydroxyl groups is 1. The molecule has 1 N–H and O–H groups in total. The number of β-amino-alcohol motifs (C(OH)–C–C–N with tert-alkyl or cyclic N) is 1. The minimum absolute atomic E-state index is 0.0512. The summed E-state index contributed by atoms with van der Waals surface area (Å²) in [5, 5.41) is 14.9. The van der Waals surface area contributed by atoms with Crippen molar-refractivity contribution < 1.29 is 14.7 Å². The van der Waals surface area contributed by atoms with E-state index in [1.54, 1.807) is 14.0 Å². The molecular formula is C15H26N4O3. The number of carbonyl (C=O) groups excluding carboxylic acids is 2. The van der Waals surface area contributed by atoms with E-state index < -0.39 is 0 Å². The maximum absolute atomic E-state index is 12.6. The van der Waals surface area contributed by atoms with Crippen LogP contribution in [-0.2, 0) is 9.59 Å². The molecule has 1 fully saturated rings. The molecule has 0 saturated carbocycles. The quantitative estimate of drug-likeness (QED) is 0.786. The molecule has 2 heterocycles. The number of hydrogen-bond donors (Lipinski definition) is 1. The van der Waals surface area contributed by atoms with Crippen molar-refractivity contribution in [3.63, 3.8) is 0 Å². The van der Waals surface area contributed by atoms with Crippen molar-refractivity contribution in [1.29, 1.82) is 0 Å². The van der Waals surface area contributed by atoms with Crippen LogP contribution in [0.4, 0.5) is 0 Å². The summed E-state index contributed by atoms with van der Waals surface area (Å²) in [6, 6.07) is 0.260. The van der Waals surface area contributed by atoms with Crippen LogP contribution in [0.15, 0.2) is 5.10 Å². The second-order valence-electron chi connectivity index (χ2n) is 6.12. The van der Waals surface area contributed by atoms with Gasteiger partial charge in [0.1, 0.15) is 5.71 Å². The molecule has 2 amide bonds. The number of carbonyl (C=O) groups is 2. The highest BCUT2D eigenvalue weighted by Crippen LogP contribution is 2.16. The molecule has 2 atom stereocenters. The molecular weight excluding hydrogens is 284 g/mol. The minimum Gasteiger partial charge on any atom is -0.392 e. The molecule has 124 valence electrons. The fourth-order valence-corrected chi connectivity index (χ4v) is 3.05. The first kappa shape index (κ1) is 16.9. The van der Waals surface area contributed by atoms with Crippen molar-refractivity contribution in [2.75, 3.05) is 33.2 Å². The van der Waals surface area contributed by atoms with Crippen molar-refractivity contribution >= 4 is 17.5 Å². The van der Waals surface area contributed by atoms with Crippen LogP contribution in [0.5, 0.6) is 0 Å². The molecule has 0 aromatic rings. The van der Waals surface area contributed by atoms with Gasteiger partial charge in [0.05, 0.1) is 6.10 Å². The van der Waals surface area contributed by atoms with Gasteiger partial charge in [-0.1, -0.05) is 6.92 Å². The molecule has 2 unspecified atom stereocenters. The van der Waals surface area contributed by atoms with E-state index in [0.29, 0.717) is 38.2 Å². The third kappa shape index (κ3) is 3.84. The molecule has 2 aliphatic rings. The molecule has 0 bridgehead atoms. The van der Waals surface area contributed by atoms with E-state index in [-0.39, 0.29) is 24.0 Å². The predicted molar refractivity (Wildman–Crippen MR) is 83.4 cm³/mol. The maximum atomic E-state index is 12.6. The lowest BCUT2D eigenvalue weighted by Crippen LogP contribution is -2.57. The van der Waals surface area contributed by atoms with Gasteiger partial charge >= 0.3 is 0 Å². The van der Waals surface area contributed by atoms with Crippen LogP contribution in [0.3, 0.4) is 0 Å². The lowest BCUT2D eigenvalue weighted by Gasteiger charge is -2.42. The van der Waals surface area contributed by atoms with Crippen molar-refractivity contribution in [3.8, 4) is 0 Å². The summed E-state index contributed by atoms with van der Waals surface area (Å²) in [6.45, 7) is 6.57. The van der Waals surface area contributed by atoms with Gasteiger partial charge in [-0.25, -0.2) is 5.01 Å². The summed E-state index contributed by atoms with van der Waals surface area (Å²) in [4.78, 5) is 28.1. The van der Waals surface area contributed by atoms with E-state index in [0.717, 1.165) is 13.0 Å². The fourth-order valence-electron chi connectivity index (χ4n) is 3.05. The van der Waals surface area contributed by atoms with Gasteiger partial charge in [0, 0.05) is 52.1 Å². The van der Waals surface area contributed by atoms with Gasteiger partial charge in [-0.05, 0) is 13.3 Å². The molecule has 2 aliphatic heterocycles. The van der Waals surface area contributed by atoms with E-state index in [9.17, 15) is 14.7 Å². The number of rotatable bonds is 4. The molecule has 0 aromatic carbocycles. The van der Waals surface area contributed by atoms with Gasteiger partial charge in [-0.2, -0.15) is 5.10 Å². The molecule has 1 saturated heterocycles. The molecule has 22 heavy (non-hydrogen) atoms. The normalized spacial score (nSPS) is 25.2. The number of hydrogen-bond acceptors (Lipinski definition) is 5. The number of hydrazone groups is 1. The Morgan fingerprint density at radius 1 is 1.41 bits per heavy atom. The summed E-state index contributed by atoms with van der Waals surface area (Å²) in [6.07, 6.45) is 1.34. The zero-order valence-electron chi connectivity index (χ0n) is 13.7. The summed E-state index contributed by atoms with van der Waals surface area (Å²) in [7, 11) is 1.59. The van der Waals surface area contributed by atoms with E-state index in [1.165, 1.54) is 5.01 Å². The Bertz CT molecular complexity index is 464. The van der Waals surface area contributed by atoms with Crippen molar-refractivity contribution in [1.82, 2.24) is 14.8 Å². The first-order valence-electron chi connectivity index (χ1n) is 7.97. The number of amides is 2. The third-order valence-electron chi connectivity index (χ3n) is 4.32. The van der Waals surface area contributed by atoms with Crippen LogP contribution in [0.1, 0.15) is 33.1 Å². The number of piperazine rings is 1. The highest BCUT2D eigenvalue weighted by atomic mass is 16.3. The second kappa shape index (κ2) is 7.19. The largest absolute Gasteiger partial charge is 0.392 e. The topological polar surface area (TPSA) is 76.5 Å². The van der Waals surface area contributed by atoms with E-state index in [2.05, 4.69) is 16.9 Å². The molecule has 0 aromatic heterocycles. The summed E-state index contributed by atoms with van der Waals surface area (Å²) < 4.78 is 0. The average Bonchev–Trinajstić information content (AvgIpc) is 2.49. The molecule has 7 nitrogen and oxygen atoms in total. The lowest BCUT2D eigenvalue weighted by atomic mass is 10.1. The monoisotopic (exact) mass is 310 g/mol. The highest BCUT2D eigenvalue weighted by molar-refractivity contribution is 6.39. The van der Waals surface area contributed by atoms with Crippen LogP contribution in [-0.4, -0.2) is 82.8 Å². The van der Waals surface area contributed by atoms with Crippen LogP contribution >= 0.6 is 0 Å². The van der Waals surface area contributed by atoms with Gasteiger partial charge in [-0.3, -0.25) is 14.5 Å². The first-order valence-corrected chi connectivity index (χ1v) is 7.97. The van der Waals surface area contributed by atoms with Gasteiger partial charge < -0.3 is 10.0 Å². The second-order valence-corrected chi connectivity index (χ2v) is 6.12. The minimum atomic E-state index is -0.362. The van der Waals surface area contributed by atoms with Crippen LogP contribution in [0.2, 0.25) is 0 Å². The molecule has 2 rings (SSSR count). The van der Waals surface area contributed by atoms with Crippen molar-refractivity contribution in [3.05, 3.63) is 0 Å². The van der Waals surface area contributed by atoms with Crippen LogP contribution in [0, 0.1) is 0 Å². The van der Waals surface area contributed by atoms with Crippen LogP contribution < -0.4 is 0 Å². The Morgan fingerprint density at radius 2 is 2.14 bits per heavy atom. The van der Waals surface area contributed by atoms with Gasteiger partial charge in [0.25, 0.3) is 5.91 Å². The van der Waals surface area contributed by atoms with Crippen LogP contribution in [0.25, 0.3) is 0 Å². The molecule has 0 spiro atoms. The zero-order valence-corrected chi connectivity index (χ0v) is 13.7. The van der Waals surface area contributed by atoms with Gasteiger partial charge in [0.15, 0.2) is 0 Å². The highest BCUT2D eigenvalue weighted by Gasteiger charge is 2.32. The molecule has 7 heteroatoms. The van der Waals surface area contributed by atoms with E-state index in [4.69, 9.17) is 0 Å². The predicted octanol–water partition coefficient (Wildman–Crippen LogP) is -0.102. The van der Waals surface area contributed by atoms with E-state index in [1.807, 2.05) is 4.90 Å². The number of aliphatic hydroxyl groups excluding tert-OH is 1. The summed E-state index contributed by atoms with van der Waals surface area (Å²) >= 11 is 0. The molecule has 0 aliphatic carbocycles. The Kier molecular flexibility index (Phi) is 5.52.